The minimum absolute atomic E-state index is 0.231. The van der Waals surface area contributed by atoms with Crippen LogP contribution in [0.2, 0.25) is 0 Å². The number of nitrogens with two attached hydrogens (primary N) is 1. The third-order valence-corrected chi connectivity index (χ3v) is 3.81. The molecule has 0 atom stereocenters. The van der Waals surface area contributed by atoms with Crippen LogP contribution in [0, 0.1) is 11.7 Å². The lowest BCUT2D eigenvalue weighted by Gasteiger charge is -2.30. The third kappa shape index (κ3) is 4.20. The molecule has 2 N–H and O–H groups in total. The number of nitrogens with zero attached hydrogens (tertiary/aromatic N) is 1. The molecule has 0 aliphatic heterocycles. The van der Waals surface area contributed by atoms with Crippen LogP contribution in [0.15, 0.2) is 18.2 Å². The minimum Gasteiger partial charge on any atom is -0.399 e. The molecule has 0 saturated heterocycles. The van der Waals surface area contributed by atoms with Crippen LogP contribution >= 0.6 is 0 Å². The highest BCUT2D eigenvalue weighted by Gasteiger charge is 2.23. The van der Waals surface area contributed by atoms with Gasteiger partial charge in [0.25, 0.3) is 0 Å². The molecule has 0 bridgehead atoms. The molecule has 2 nitrogen and oxygen atoms in total. The predicted octanol–water partition coefficient (Wildman–Crippen LogP) is 3.81. The molecular formula is C16H25FN2. The number of hydrogen-bond donors (Lipinski definition) is 1. The van der Waals surface area contributed by atoms with Gasteiger partial charge < -0.3 is 5.73 Å². The maximum atomic E-state index is 13.4. The monoisotopic (exact) mass is 264 g/mol. The fourth-order valence-electron chi connectivity index (χ4n) is 3.08. The van der Waals surface area contributed by atoms with Gasteiger partial charge >= 0.3 is 0 Å². The first kappa shape index (κ1) is 14.3. The van der Waals surface area contributed by atoms with Crippen LogP contribution < -0.4 is 5.73 Å². The van der Waals surface area contributed by atoms with Gasteiger partial charge in [-0.05, 0) is 42.5 Å². The SMILES string of the molecule is CC(C)CN(Cc1cc(N)cc(F)c1)C1CCCC1. The number of nitrogen functional groups attached to an aromatic ring is 1. The number of anilines is 1. The number of benzene rings is 1. The van der Waals surface area contributed by atoms with Crippen LogP contribution in [0.5, 0.6) is 0 Å². The quantitative estimate of drug-likeness (QED) is 0.819. The average Bonchev–Trinajstić information content (AvgIpc) is 2.79. The molecule has 1 aliphatic carbocycles. The molecule has 1 aromatic rings. The smallest absolute Gasteiger partial charge is 0.125 e. The van der Waals surface area contributed by atoms with E-state index in [9.17, 15) is 4.39 Å². The van der Waals surface area contributed by atoms with Crippen LogP contribution in [0.3, 0.4) is 0 Å². The molecule has 1 aliphatic rings. The fourth-order valence-corrected chi connectivity index (χ4v) is 3.08. The summed E-state index contributed by atoms with van der Waals surface area (Å²) in [6.07, 6.45) is 5.20. The maximum absolute atomic E-state index is 13.4. The Morgan fingerprint density at radius 2 is 1.95 bits per heavy atom. The van der Waals surface area contributed by atoms with E-state index >= 15 is 0 Å². The van der Waals surface area contributed by atoms with Crippen LogP contribution in [-0.2, 0) is 6.54 Å². The topological polar surface area (TPSA) is 29.3 Å². The Morgan fingerprint density at radius 1 is 1.26 bits per heavy atom. The highest BCUT2D eigenvalue weighted by atomic mass is 19.1. The minimum atomic E-state index is -0.231. The van der Waals surface area contributed by atoms with E-state index < -0.39 is 0 Å². The largest absolute Gasteiger partial charge is 0.399 e. The van der Waals surface area contributed by atoms with Crippen molar-refractivity contribution in [2.45, 2.75) is 52.1 Å². The highest BCUT2D eigenvalue weighted by Crippen LogP contribution is 2.26. The summed E-state index contributed by atoms with van der Waals surface area (Å²) in [5.74, 6) is 0.400. The number of rotatable bonds is 5. The van der Waals surface area contributed by atoms with Crippen molar-refractivity contribution in [3.63, 3.8) is 0 Å². The van der Waals surface area contributed by atoms with Gasteiger partial charge in [-0.3, -0.25) is 4.90 Å². The van der Waals surface area contributed by atoms with Crippen LogP contribution in [0.25, 0.3) is 0 Å². The molecule has 19 heavy (non-hydrogen) atoms. The van der Waals surface area contributed by atoms with E-state index in [1.807, 2.05) is 6.07 Å². The van der Waals surface area contributed by atoms with Crippen molar-refractivity contribution in [1.82, 2.24) is 4.90 Å². The van der Waals surface area contributed by atoms with Crippen molar-refractivity contribution in [3.8, 4) is 0 Å². The van der Waals surface area contributed by atoms with E-state index in [-0.39, 0.29) is 5.82 Å². The van der Waals surface area contributed by atoms with E-state index in [1.54, 1.807) is 6.07 Å². The maximum Gasteiger partial charge on any atom is 0.125 e. The number of halogens is 1. The summed E-state index contributed by atoms with van der Waals surface area (Å²) in [5.41, 5.74) is 7.24. The van der Waals surface area contributed by atoms with E-state index in [2.05, 4.69) is 18.7 Å². The van der Waals surface area contributed by atoms with Gasteiger partial charge in [0, 0.05) is 24.8 Å². The van der Waals surface area contributed by atoms with E-state index in [1.165, 1.54) is 31.7 Å². The van der Waals surface area contributed by atoms with Crippen molar-refractivity contribution in [3.05, 3.63) is 29.6 Å². The molecule has 1 fully saturated rings. The standard InChI is InChI=1S/C16H25FN2/c1-12(2)10-19(16-5-3-4-6-16)11-13-7-14(17)9-15(18)8-13/h7-9,12,16H,3-6,10-11,18H2,1-2H3. The van der Waals surface area contributed by atoms with E-state index in [4.69, 9.17) is 5.73 Å². The average molecular weight is 264 g/mol. The molecule has 0 spiro atoms. The summed E-state index contributed by atoms with van der Waals surface area (Å²) in [4.78, 5) is 2.51. The van der Waals surface area contributed by atoms with Gasteiger partial charge in [-0.2, -0.15) is 0 Å². The van der Waals surface area contributed by atoms with Crippen molar-refractivity contribution < 1.29 is 4.39 Å². The third-order valence-electron chi connectivity index (χ3n) is 3.81. The van der Waals surface area contributed by atoms with E-state index in [0.717, 1.165) is 18.7 Å². The van der Waals surface area contributed by atoms with Gasteiger partial charge in [0.2, 0.25) is 0 Å². The van der Waals surface area contributed by atoms with E-state index in [0.29, 0.717) is 17.6 Å². The van der Waals surface area contributed by atoms with Crippen molar-refractivity contribution in [2.75, 3.05) is 12.3 Å². The summed E-state index contributed by atoms with van der Waals surface area (Å²) in [7, 11) is 0. The molecule has 0 unspecified atom stereocenters. The summed E-state index contributed by atoms with van der Waals surface area (Å²) in [6, 6.07) is 5.54. The van der Waals surface area contributed by atoms with Gasteiger partial charge in [0.05, 0.1) is 0 Å². The molecule has 2 rings (SSSR count). The molecule has 0 radical (unpaired) electrons. The summed E-state index contributed by atoms with van der Waals surface area (Å²) >= 11 is 0. The Hall–Kier alpha value is -1.09. The molecule has 1 saturated carbocycles. The zero-order valence-corrected chi connectivity index (χ0v) is 12.0. The van der Waals surface area contributed by atoms with Gasteiger partial charge in [0.1, 0.15) is 5.82 Å². The Labute approximate surface area is 115 Å². The Bertz CT molecular complexity index is 391. The fraction of sp³-hybridized carbons (Fsp3) is 0.625. The zero-order valence-electron chi connectivity index (χ0n) is 12.0. The van der Waals surface area contributed by atoms with Gasteiger partial charge in [-0.25, -0.2) is 4.39 Å². The predicted molar refractivity (Wildman–Crippen MR) is 78.3 cm³/mol. The Balaban J connectivity index is 2.09. The summed E-state index contributed by atoms with van der Waals surface area (Å²) in [6.45, 7) is 6.36. The zero-order chi connectivity index (χ0) is 13.8. The molecule has 0 aromatic heterocycles. The first-order chi connectivity index (χ1) is 9.04. The van der Waals surface area contributed by atoms with Crippen LogP contribution in [-0.4, -0.2) is 17.5 Å². The molecule has 0 heterocycles. The first-order valence-electron chi connectivity index (χ1n) is 7.33. The van der Waals surface area contributed by atoms with Crippen molar-refractivity contribution in [2.24, 2.45) is 5.92 Å². The molecule has 106 valence electrons. The van der Waals surface area contributed by atoms with Gasteiger partial charge in [-0.15, -0.1) is 0 Å². The van der Waals surface area contributed by atoms with Crippen LogP contribution in [0.1, 0.15) is 45.1 Å². The molecule has 3 heteroatoms. The summed E-state index contributed by atoms with van der Waals surface area (Å²) < 4.78 is 13.4. The Morgan fingerprint density at radius 3 is 2.53 bits per heavy atom. The summed E-state index contributed by atoms with van der Waals surface area (Å²) in [5, 5.41) is 0. The second-order valence-corrected chi connectivity index (χ2v) is 6.15. The second-order valence-electron chi connectivity index (χ2n) is 6.15. The second kappa shape index (κ2) is 6.38. The lowest BCUT2D eigenvalue weighted by atomic mass is 10.1. The number of hydrogen-bond acceptors (Lipinski definition) is 2. The van der Waals surface area contributed by atoms with Crippen LogP contribution in [0.4, 0.5) is 10.1 Å². The van der Waals surface area contributed by atoms with Gasteiger partial charge in [-0.1, -0.05) is 26.7 Å². The highest BCUT2D eigenvalue weighted by molar-refractivity contribution is 5.41. The molecule has 1 aromatic carbocycles. The normalized spacial score (nSPS) is 16.7. The first-order valence-corrected chi connectivity index (χ1v) is 7.33. The van der Waals surface area contributed by atoms with Crippen molar-refractivity contribution >= 4 is 5.69 Å². The van der Waals surface area contributed by atoms with Gasteiger partial charge in [0.15, 0.2) is 0 Å². The Kier molecular flexibility index (Phi) is 4.81. The lowest BCUT2D eigenvalue weighted by Crippen LogP contribution is -2.35. The van der Waals surface area contributed by atoms with Crippen molar-refractivity contribution in [1.29, 1.82) is 0 Å². The molecule has 0 amide bonds. The lowest BCUT2D eigenvalue weighted by molar-refractivity contribution is 0.168. The molecular weight excluding hydrogens is 239 g/mol.